The second kappa shape index (κ2) is 8.54. The van der Waals surface area contributed by atoms with Crippen molar-refractivity contribution in [1.82, 2.24) is 34.9 Å². The van der Waals surface area contributed by atoms with Crippen LogP contribution in [0.15, 0.2) is 67.1 Å². The minimum atomic E-state index is -0.117. The van der Waals surface area contributed by atoms with Gasteiger partial charge in [0.25, 0.3) is 5.91 Å². The first-order valence-electron chi connectivity index (χ1n) is 10.5. The van der Waals surface area contributed by atoms with Gasteiger partial charge in [0.2, 0.25) is 5.95 Å². The molecule has 0 saturated heterocycles. The average molecular weight is 438 g/mol. The van der Waals surface area contributed by atoms with E-state index < -0.39 is 0 Å². The summed E-state index contributed by atoms with van der Waals surface area (Å²) in [5, 5.41) is 10.1. The molecule has 0 atom stereocenters. The number of amides is 1. The highest BCUT2D eigenvalue weighted by atomic mass is 16.1. The van der Waals surface area contributed by atoms with Crippen LogP contribution in [0.3, 0.4) is 0 Å². The highest BCUT2D eigenvalue weighted by molar-refractivity contribution is 5.94. The van der Waals surface area contributed by atoms with Crippen molar-refractivity contribution in [1.29, 1.82) is 0 Å². The Hall–Kier alpha value is -4.53. The minimum Gasteiger partial charge on any atom is -0.355 e. The topological polar surface area (TPSA) is 113 Å². The fourth-order valence-electron chi connectivity index (χ4n) is 3.65. The summed E-state index contributed by atoms with van der Waals surface area (Å²) < 4.78 is 1.71. The van der Waals surface area contributed by atoms with E-state index in [4.69, 9.17) is 4.98 Å². The molecule has 4 heterocycles. The van der Waals surface area contributed by atoms with Crippen LogP contribution < -0.4 is 10.6 Å². The predicted molar refractivity (Wildman–Crippen MR) is 126 cm³/mol. The lowest BCUT2D eigenvalue weighted by atomic mass is 10.1. The molecule has 5 aromatic rings. The summed E-state index contributed by atoms with van der Waals surface area (Å²) in [5.41, 5.74) is 6.51. The Bertz CT molecular complexity index is 1450. The maximum absolute atomic E-state index is 11.9. The third-order valence-electron chi connectivity index (χ3n) is 5.28. The van der Waals surface area contributed by atoms with Crippen LogP contribution in [0.4, 0.5) is 5.95 Å². The van der Waals surface area contributed by atoms with Gasteiger partial charge in [0, 0.05) is 36.6 Å². The fourth-order valence-corrected chi connectivity index (χ4v) is 3.65. The largest absolute Gasteiger partial charge is 0.355 e. The number of carbonyl (C=O) groups is 1. The molecule has 4 aromatic heterocycles. The van der Waals surface area contributed by atoms with Gasteiger partial charge in [-0.15, -0.1) is 0 Å². The number of pyridine rings is 2. The zero-order valence-corrected chi connectivity index (χ0v) is 18.2. The molecule has 0 spiro atoms. The van der Waals surface area contributed by atoms with Gasteiger partial charge in [-0.1, -0.05) is 18.2 Å². The lowest BCUT2D eigenvalue weighted by Crippen LogP contribution is -2.18. The number of anilines is 1. The van der Waals surface area contributed by atoms with Gasteiger partial charge in [-0.3, -0.25) is 9.78 Å². The van der Waals surface area contributed by atoms with E-state index in [0.717, 1.165) is 39.5 Å². The van der Waals surface area contributed by atoms with E-state index in [1.165, 1.54) is 6.33 Å². The van der Waals surface area contributed by atoms with Gasteiger partial charge in [-0.25, -0.2) is 14.5 Å². The number of aromatic amines is 1. The van der Waals surface area contributed by atoms with Gasteiger partial charge in [-0.2, -0.15) is 5.10 Å². The molecule has 5 rings (SSSR count). The normalized spacial score (nSPS) is 11.0. The maximum Gasteiger partial charge on any atom is 0.251 e. The first kappa shape index (κ1) is 20.4. The highest BCUT2D eigenvalue weighted by Gasteiger charge is 2.16. The molecular formula is C24H22N8O. The Morgan fingerprint density at radius 3 is 2.82 bits per heavy atom. The van der Waals surface area contributed by atoms with Crippen LogP contribution in [0.1, 0.15) is 21.6 Å². The molecule has 164 valence electrons. The standard InChI is InChI=1S/C24H22N8O/c1-15-5-3-8-19(29-15)22-21(17-9-10-32-20(12-17)27-14-28-32)30-24(31-22)26-13-16-6-4-7-18(11-16)23(33)25-2/h3-12,14H,13H2,1-2H3,(H,25,33)(H2,26,30,31). The van der Waals surface area contributed by atoms with Crippen molar-refractivity contribution in [3.63, 3.8) is 0 Å². The van der Waals surface area contributed by atoms with Crippen molar-refractivity contribution in [3.05, 3.63) is 83.9 Å². The van der Waals surface area contributed by atoms with E-state index in [2.05, 4.69) is 30.7 Å². The molecule has 9 nitrogen and oxygen atoms in total. The SMILES string of the molecule is CNC(=O)c1cccc(CNc2nc(-c3ccn4ncnc4c3)c(-c3cccc(C)n3)[nH]2)c1. The number of H-pyrrole nitrogens is 1. The fraction of sp³-hybridized carbons (Fsp3) is 0.125. The molecule has 0 radical (unpaired) electrons. The van der Waals surface area contributed by atoms with Crippen LogP contribution in [0, 0.1) is 6.92 Å². The van der Waals surface area contributed by atoms with Crippen molar-refractivity contribution >= 4 is 17.5 Å². The summed E-state index contributed by atoms with van der Waals surface area (Å²) in [4.78, 5) is 29.1. The zero-order valence-electron chi connectivity index (χ0n) is 18.2. The molecule has 0 aliphatic carbocycles. The minimum absolute atomic E-state index is 0.117. The first-order valence-corrected chi connectivity index (χ1v) is 10.5. The van der Waals surface area contributed by atoms with Crippen LogP contribution in [0.5, 0.6) is 0 Å². The van der Waals surface area contributed by atoms with Crippen LogP contribution in [-0.4, -0.2) is 42.5 Å². The molecule has 0 aliphatic heterocycles. The number of imidazole rings is 1. The summed E-state index contributed by atoms with van der Waals surface area (Å²) in [6, 6.07) is 17.3. The van der Waals surface area contributed by atoms with E-state index in [0.29, 0.717) is 18.1 Å². The van der Waals surface area contributed by atoms with Crippen molar-refractivity contribution in [2.24, 2.45) is 0 Å². The highest BCUT2D eigenvalue weighted by Crippen LogP contribution is 2.31. The summed E-state index contributed by atoms with van der Waals surface area (Å²) in [5.74, 6) is 0.490. The summed E-state index contributed by atoms with van der Waals surface area (Å²) in [6.07, 6.45) is 3.38. The molecule has 0 saturated carbocycles. The Morgan fingerprint density at radius 1 is 1.09 bits per heavy atom. The van der Waals surface area contributed by atoms with E-state index in [9.17, 15) is 4.79 Å². The third-order valence-corrected chi connectivity index (χ3v) is 5.28. The molecule has 1 amide bonds. The van der Waals surface area contributed by atoms with Gasteiger partial charge < -0.3 is 15.6 Å². The molecule has 0 bridgehead atoms. The zero-order chi connectivity index (χ0) is 22.8. The second-order valence-electron chi connectivity index (χ2n) is 7.58. The quantitative estimate of drug-likeness (QED) is 0.374. The van der Waals surface area contributed by atoms with Crippen LogP contribution in [-0.2, 0) is 6.54 Å². The van der Waals surface area contributed by atoms with Gasteiger partial charge in [-0.05, 0) is 48.9 Å². The number of fused-ring (bicyclic) bond motifs is 1. The summed E-state index contributed by atoms with van der Waals surface area (Å²) in [7, 11) is 1.62. The molecule has 0 aliphatic rings. The second-order valence-corrected chi connectivity index (χ2v) is 7.58. The molecule has 0 fully saturated rings. The van der Waals surface area contributed by atoms with E-state index in [-0.39, 0.29) is 5.91 Å². The molecule has 33 heavy (non-hydrogen) atoms. The number of hydrogen-bond acceptors (Lipinski definition) is 6. The Kier molecular flexibility index (Phi) is 5.27. The number of nitrogens with one attached hydrogen (secondary N) is 3. The van der Waals surface area contributed by atoms with Gasteiger partial charge in [0.15, 0.2) is 5.65 Å². The van der Waals surface area contributed by atoms with Crippen LogP contribution in [0.2, 0.25) is 0 Å². The van der Waals surface area contributed by atoms with Crippen LogP contribution >= 0.6 is 0 Å². The van der Waals surface area contributed by atoms with Crippen molar-refractivity contribution in [2.75, 3.05) is 12.4 Å². The predicted octanol–water partition coefficient (Wildman–Crippen LogP) is 3.46. The third kappa shape index (κ3) is 4.16. The maximum atomic E-state index is 11.9. The Morgan fingerprint density at radius 2 is 1.97 bits per heavy atom. The van der Waals surface area contributed by atoms with Crippen molar-refractivity contribution in [3.8, 4) is 22.6 Å². The summed E-state index contributed by atoms with van der Waals surface area (Å²) in [6.45, 7) is 2.46. The monoisotopic (exact) mass is 438 g/mol. The number of carbonyl (C=O) groups excluding carboxylic acids is 1. The van der Waals surface area contributed by atoms with Crippen molar-refractivity contribution < 1.29 is 4.79 Å². The van der Waals surface area contributed by atoms with E-state index >= 15 is 0 Å². The first-order chi connectivity index (χ1) is 16.1. The van der Waals surface area contributed by atoms with Crippen molar-refractivity contribution in [2.45, 2.75) is 13.5 Å². The number of hydrogen-bond donors (Lipinski definition) is 3. The Labute approximate surface area is 189 Å². The number of aromatic nitrogens is 6. The number of aryl methyl sites for hydroxylation is 1. The van der Waals surface area contributed by atoms with E-state index in [1.54, 1.807) is 17.6 Å². The van der Waals surface area contributed by atoms with E-state index in [1.807, 2.05) is 61.7 Å². The van der Waals surface area contributed by atoms with Gasteiger partial charge >= 0.3 is 0 Å². The molecule has 3 N–H and O–H groups in total. The number of rotatable bonds is 6. The number of benzene rings is 1. The number of nitrogens with zero attached hydrogens (tertiary/aromatic N) is 5. The lowest BCUT2D eigenvalue weighted by molar-refractivity contribution is 0.0963. The average Bonchev–Trinajstić information content (AvgIpc) is 3.49. The molecule has 1 aromatic carbocycles. The Balaban J connectivity index is 1.50. The molecular weight excluding hydrogens is 416 g/mol. The van der Waals surface area contributed by atoms with Gasteiger partial charge in [0.1, 0.15) is 12.0 Å². The van der Waals surface area contributed by atoms with Gasteiger partial charge in [0.05, 0.1) is 11.4 Å². The molecule has 9 heteroatoms. The lowest BCUT2D eigenvalue weighted by Gasteiger charge is -2.05. The smallest absolute Gasteiger partial charge is 0.251 e. The summed E-state index contributed by atoms with van der Waals surface area (Å²) >= 11 is 0. The molecule has 0 unspecified atom stereocenters. The van der Waals surface area contributed by atoms with Crippen LogP contribution in [0.25, 0.3) is 28.3 Å².